The van der Waals surface area contributed by atoms with Crippen molar-refractivity contribution in [1.29, 1.82) is 0 Å². The molecule has 154 valence electrons. The van der Waals surface area contributed by atoms with Crippen molar-refractivity contribution in [1.82, 2.24) is 5.32 Å². The van der Waals surface area contributed by atoms with Gasteiger partial charge in [-0.15, -0.1) is 0 Å². The lowest BCUT2D eigenvalue weighted by atomic mass is 9.96. The third kappa shape index (κ3) is 6.25. The van der Waals surface area contributed by atoms with E-state index in [2.05, 4.69) is 16.0 Å². The van der Waals surface area contributed by atoms with E-state index in [0.717, 1.165) is 18.5 Å². The van der Waals surface area contributed by atoms with Gasteiger partial charge in [-0.2, -0.15) is 0 Å². The summed E-state index contributed by atoms with van der Waals surface area (Å²) in [5.74, 6) is -0.356. The molecule has 1 fully saturated rings. The van der Waals surface area contributed by atoms with Gasteiger partial charge in [-0.3, -0.25) is 4.79 Å². The Morgan fingerprint density at radius 3 is 2.31 bits per heavy atom. The number of sulfonamides is 1. The average Bonchev–Trinajstić information content (AvgIpc) is 2.69. The predicted octanol–water partition coefficient (Wildman–Crippen LogP) is 3.21. The summed E-state index contributed by atoms with van der Waals surface area (Å²) < 4.78 is 22.9. The summed E-state index contributed by atoms with van der Waals surface area (Å²) in [5.41, 5.74) is 1.57. The molecule has 29 heavy (non-hydrogen) atoms. The zero-order chi connectivity index (χ0) is 20.9. The van der Waals surface area contributed by atoms with Gasteiger partial charge in [0, 0.05) is 23.0 Å². The molecule has 1 aliphatic rings. The topological polar surface area (TPSA) is 113 Å². The number of hydrogen-bond donors (Lipinski definition) is 4. The van der Waals surface area contributed by atoms with E-state index >= 15 is 0 Å². The summed E-state index contributed by atoms with van der Waals surface area (Å²) in [5, 5.41) is 14.8. The Hall–Kier alpha value is -2.49. The lowest BCUT2D eigenvalue weighted by Crippen LogP contribution is -2.38. The lowest BCUT2D eigenvalue weighted by molar-refractivity contribution is 0.102. The Morgan fingerprint density at radius 2 is 1.66 bits per heavy atom. The molecule has 0 radical (unpaired) electrons. The highest BCUT2D eigenvalue weighted by Gasteiger charge is 2.14. The molecule has 0 heterocycles. The number of thiocarbonyl (C=S) groups is 1. The van der Waals surface area contributed by atoms with Crippen molar-refractivity contribution in [3.05, 3.63) is 54.1 Å². The van der Waals surface area contributed by atoms with E-state index in [9.17, 15) is 13.2 Å². The minimum atomic E-state index is -3.83. The monoisotopic (exact) mass is 432 g/mol. The molecule has 0 spiro atoms. The van der Waals surface area contributed by atoms with Gasteiger partial charge in [0.25, 0.3) is 5.91 Å². The minimum Gasteiger partial charge on any atom is -0.360 e. The molecular weight excluding hydrogens is 408 g/mol. The zero-order valence-electron chi connectivity index (χ0n) is 15.9. The van der Waals surface area contributed by atoms with Crippen LogP contribution in [0.25, 0.3) is 0 Å². The number of nitrogens with one attached hydrogen (secondary N) is 3. The number of primary sulfonamides is 1. The molecule has 1 aliphatic carbocycles. The van der Waals surface area contributed by atoms with Crippen LogP contribution in [-0.4, -0.2) is 25.5 Å². The van der Waals surface area contributed by atoms with Gasteiger partial charge >= 0.3 is 0 Å². The molecule has 0 unspecified atom stereocenters. The molecule has 0 aromatic heterocycles. The summed E-state index contributed by atoms with van der Waals surface area (Å²) >= 11 is 5.37. The highest BCUT2D eigenvalue weighted by molar-refractivity contribution is 7.89. The summed E-state index contributed by atoms with van der Waals surface area (Å²) in [6.45, 7) is 0. The summed E-state index contributed by atoms with van der Waals surface area (Å²) in [6, 6.07) is 13.1. The fraction of sp³-hybridized carbons (Fsp3) is 0.300. The number of carbonyl (C=O) groups excluding carboxylic acids is 1. The van der Waals surface area contributed by atoms with Gasteiger partial charge in [0.2, 0.25) is 10.0 Å². The van der Waals surface area contributed by atoms with Crippen molar-refractivity contribution in [2.75, 3.05) is 10.6 Å². The Kier molecular flexibility index (Phi) is 6.83. The molecule has 7 nitrogen and oxygen atoms in total. The smallest absolute Gasteiger partial charge is 0.255 e. The maximum absolute atomic E-state index is 12.4. The molecule has 1 amide bonds. The van der Waals surface area contributed by atoms with Gasteiger partial charge in [-0.05, 0) is 67.5 Å². The van der Waals surface area contributed by atoms with Crippen molar-refractivity contribution < 1.29 is 13.2 Å². The fourth-order valence-corrected chi connectivity index (χ4v) is 4.10. The van der Waals surface area contributed by atoms with Gasteiger partial charge in [-0.1, -0.05) is 25.3 Å². The molecule has 2 aromatic rings. The van der Waals surface area contributed by atoms with E-state index in [1.807, 2.05) is 0 Å². The van der Waals surface area contributed by atoms with Crippen LogP contribution in [0.4, 0.5) is 11.4 Å². The molecule has 5 N–H and O–H groups in total. The quantitative estimate of drug-likeness (QED) is 0.540. The number of rotatable bonds is 5. The van der Waals surface area contributed by atoms with Crippen molar-refractivity contribution in [3.8, 4) is 0 Å². The van der Waals surface area contributed by atoms with E-state index in [1.54, 1.807) is 30.3 Å². The predicted molar refractivity (Wildman–Crippen MR) is 118 cm³/mol. The third-order valence-electron chi connectivity index (χ3n) is 4.77. The van der Waals surface area contributed by atoms with Crippen LogP contribution < -0.4 is 21.1 Å². The van der Waals surface area contributed by atoms with Crippen molar-refractivity contribution in [2.24, 2.45) is 5.14 Å². The number of nitrogens with two attached hydrogens (primary N) is 1. The fourth-order valence-electron chi connectivity index (χ4n) is 3.26. The van der Waals surface area contributed by atoms with Gasteiger partial charge < -0.3 is 16.0 Å². The molecule has 9 heteroatoms. The Labute approximate surface area is 176 Å². The van der Waals surface area contributed by atoms with Crippen LogP contribution in [0.2, 0.25) is 0 Å². The van der Waals surface area contributed by atoms with Crippen molar-refractivity contribution in [2.45, 2.75) is 43.0 Å². The second-order valence-corrected chi connectivity index (χ2v) is 9.01. The average molecular weight is 433 g/mol. The Balaban J connectivity index is 1.58. The van der Waals surface area contributed by atoms with Crippen LogP contribution in [0.3, 0.4) is 0 Å². The first-order valence-electron chi connectivity index (χ1n) is 9.43. The molecule has 0 bridgehead atoms. The molecule has 0 saturated heterocycles. The van der Waals surface area contributed by atoms with Crippen LogP contribution in [0.5, 0.6) is 0 Å². The number of anilines is 2. The van der Waals surface area contributed by atoms with Crippen LogP contribution in [0.1, 0.15) is 42.5 Å². The van der Waals surface area contributed by atoms with Gasteiger partial charge in [-0.25, -0.2) is 13.6 Å². The number of amides is 1. The van der Waals surface area contributed by atoms with E-state index in [-0.39, 0.29) is 10.8 Å². The first-order valence-corrected chi connectivity index (χ1v) is 11.4. The Bertz CT molecular complexity index is 985. The van der Waals surface area contributed by atoms with Crippen molar-refractivity contribution >= 4 is 44.6 Å². The van der Waals surface area contributed by atoms with Crippen LogP contribution in [0.15, 0.2) is 53.4 Å². The maximum atomic E-state index is 12.4. The molecular formula is C20H24N4O3S2. The number of benzene rings is 2. The third-order valence-corrected chi connectivity index (χ3v) is 5.90. The second-order valence-electron chi connectivity index (χ2n) is 7.04. The summed E-state index contributed by atoms with van der Waals surface area (Å²) in [4.78, 5) is 12.4. The first kappa shape index (κ1) is 21.2. The van der Waals surface area contributed by atoms with Gasteiger partial charge in [0.05, 0.1) is 4.90 Å². The van der Waals surface area contributed by atoms with E-state index in [0.29, 0.717) is 22.4 Å². The number of carbonyl (C=O) groups is 1. The van der Waals surface area contributed by atoms with Gasteiger partial charge in [0.1, 0.15) is 0 Å². The molecule has 1 saturated carbocycles. The summed E-state index contributed by atoms with van der Waals surface area (Å²) in [6.07, 6.45) is 6.00. The Morgan fingerprint density at radius 1 is 0.966 bits per heavy atom. The standard InChI is InChI=1S/C20H24N4O3S2/c21-29(26,27)18-8-4-7-17(13-18)22-19(25)14-9-11-16(12-10-14)24-20(28)23-15-5-2-1-3-6-15/h4,7-13,15H,1-3,5-6H2,(H,22,25)(H2,21,26,27)(H2,23,24,28). The molecule has 0 atom stereocenters. The van der Waals surface area contributed by atoms with E-state index < -0.39 is 10.0 Å². The zero-order valence-corrected chi connectivity index (χ0v) is 17.5. The highest BCUT2D eigenvalue weighted by atomic mass is 32.2. The normalized spacial score (nSPS) is 14.8. The van der Waals surface area contributed by atoms with Crippen LogP contribution >= 0.6 is 12.2 Å². The molecule has 0 aliphatic heterocycles. The van der Waals surface area contributed by atoms with Gasteiger partial charge in [0.15, 0.2) is 5.11 Å². The van der Waals surface area contributed by atoms with Crippen molar-refractivity contribution in [3.63, 3.8) is 0 Å². The van der Waals surface area contributed by atoms with Crippen LogP contribution in [-0.2, 0) is 10.0 Å². The molecule has 3 rings (SSSR count). The van der Waals surface area contributed by atoms with E-state index in [1.165, 1.54) is 37.5 Å². The SMILES string of the molecule is NS(=O)(=O)c1cccc(NC(=O)c2ccc(NC(=S)NC3CCCCC3)cc2)c1. The molecule has 2 aromatic carbocycles. The van der Waals surface area contributed by atoms with Crippen LogP contribution in [0, 0.1) is 0 Å². The lowest BCUT2D eigenvalue weighted by Gasteiger charge is -2.24. The number of hydrogen-bond acceptors (Lipinski definition) is 4. The maximum Gasteiger partial charge on any atom is 0.255 e. The van der Waals surface area contributed by atoms with E-state index in [4.69, 9.17) is 17.4 Å². The highest BCUT2D eigenvalue weighted by Crippen LogP contribution is 2.18. The second kappa shape index (κ2) is 9.34. The largest absolute Gasteiger partial charge is 0.360 e. The minimum absolute atomic E-state index is 0.0613. The summed E-state index contributed by atoms with van der Waals surface area (Å²) in [7, 11) is -3.83. The first-order chi connectivity index (χ1) is 13.8.